The summed E-state index contributed by atoms with van der Waals surface area (Å²) >= 11 is 18.4. The Bertz CT molecular complexity index is 1310. The molecular formula is C25H23Cl3N2O5S. The summed E-state index contributed by atoms with van der Waals surface area (Å²) in [5, 5.41) is 3.60. The van der Waals surface area contributed by atoms with Crippen molar-refractivity contribution in [2.45, 2.75) is 24.8 Å². The van der Waals surface area contributed by atoms with Gasteiger partial charge in [-0.05, 0) is 61.0 Å². The number of ether oxygens (including phenoxy) is 1. The molecule has 0 spiro atoms. The number of benzene rings is 3. The van der Waals surface area contributed by atoms with Crippen LogP contribution in [-0.4, -0.2) is 37.8 Å². The molecule has 0 aliphatic carbocycles. The predicted octanol–water partition coefficient (Wildman–Crippen LogP) is 5.58. The molecule has 0 aromatic heterocycles. The largest absolute Gasteiger partial charge is 0.466 e. The number of sulfonamides is 1. The van der Waals surface area contributed by atoms with E-state index in [2.05, 4.69) is 5.32 Å². The van der Waals surface area contributed by atoms with Crippen molar-refractivity contribution in [3.05, 3.63) is 92.9 Å². The van der Waals surface area contributed by atoms with Crippen molar-refractivity contribution in [1.29, 1.82) is 0 Å². The number of hydrogen-bond donors (Lipinski definition) is 1. The van der Waals surface area contributed by atoms with Crippen LogP contribution in [0.2, 0.25) is 15.1 Å². The maximum atomic E-state index is 13.4. The van der Waals surface area contributed by atoms with Gasteiger partial charge < -0.3 is 10.1 Å². The second-order valence-corrected chi connectivity index (χ2v) is 10.8. The Kier molecular flexibility index (Phi) is 9.76. The summed E-state index contributed by atoms with van der Waals surface area (Å²) in [4.78, 5) is 24.5. The minimum Gasteiger partial charge on any atom is -0.466 e. The molecule has 0 aliphatic rings. The Balaban J connectivity index is 1.81. The zero-order valence-corrected chi connectivity index (χ0v) is 22.3. The lowest BCUT2D eigenvalue weighted by Crippen LogP contribution is -2.37. The molecule has 3 aromatic carbocycles. The van der Waals surface area contributed by atoms with Gasteiger partial charge in [-0.25, -0.2) is 8.42 Å². The summed E-state index contributed by atoms with van der Waals surface area (Å²) in [6.07, 6.45) is 0.105. The van der Waals surface area contributed by atoms with E-state index in [1.807, 2.05) is 0 Å². The highest BCUT2D eigenvalue weighted by Crippen LogP contribution is 2.28. The molecule has 0 saturated carbocycles. The van der Waals surface area contributed by atoms with Crippen molar-refractivity contribution in [1.82, 2.24) is 4.31 Å². The first-order valence-corrected chi connectivity index (χ1v) is 13.4. The van der Waals surface area contributed by atoms with E-state index in [1.54, 1.807) is 49.4 Å². The molecule has 0 atom stereocenters. The van der Waals surface area contributed by atoms with Crippen molar-refractivity contribution in [3.63, 3.8) is 0 Å². The molecule has 0 bridgehead atoms. The quantitative estimate of drug-likeness (QED) is 0.322. The Morgan fingerprint density at radius 1 is 0.917 bits per heavy atom. The van der Waals surface area contributed by atoms with Crippen LogP contribution in [0.5, 0.6) is 0 Å². The highest BCUT2D eigenvalue weighted by molar-refractivity contribution is 7.89. The second kappa shape index (κ2) is 12.6. The van der Waals surface area contributed by atoms with E-state index in [-0.39, 0.29) is 33.9 Å². The maximum Gasteiger partial charge on any atom is 0.310 e. The molecule has 3 aromatic rings. The highest BCUT2D eigenvalue weighted by Gasteiger charge is 2.28. The molecule has 0 aliphatic heterocycles. The molecule has 1 N–H and O–H groups in total. The van der Waals surface area contributed by atoms with E-state index >= 15 is 0 Å². The molecule has 11 heteroatoms. The average Bonchev–Trinajstić information content (AvgIpc) is 2.82. The number of carbonyl (C=O) groups is 2. The van der Waals surface area contributed by atoms with Gasteiger partial charge in [-0.1, -0.05) is 53.0 Å². The Morgan fingerprint density at radius 2 is 1.53 bits per heavy atom. The normalized spacial score (nSPS) is 11.4. The first-order chi connectivity index (χ1) is 17.1. The standard InChI is InChI=1S/C25H23Cl3N2O5S/c1-2-35-25(32)14-17-6-10-19(11-7-17)29-24(31)16-30(15-21-22(27)4-3-5-23(21)28)36(33,34)20-12-8-18(26)9-13-20/h3-13H,2,14-16H2,1H3,(H,29,31). The lowest BCUT2D eigenvalue weighted by molar-refractivity contribution is -0.142. The maximum absolute atomic E-state index is 13.4. The summed E-state index contributed by atoms with van der Waals surface area (Å²) in [7, 11) is -4.12. The number of esters is 1. The first-order valence-electron chi connectivity index (χ1n) is 10.8. The Morgan fingerprint density at radius 3 is 2.11 bits per heavy atom. The van der Waals surface area contributed by atoms with E-state index in [0.717, 1.165) is 4.31 Å². The van der Waals surface area contributed by atoms with Crippen molar-refractivity contribution < 1.29 is 22.7 Å². The summed E-state index contributed by atoms with van der Waals surface area (Å²) in [5.41, 5.74) is 1.52. The third kappa shape index (κ3) is 7.44. The molecule has 190 valence electrons. The smallest absolute Gasteiger partial charge is 0.310 e. The molecule has 3 rings (SSSR count). The summed E-state index contributed by atoms with van der Waals surface area (Å²) in [5.74, 6) is -0.926. The number of amides is 1. The Labute approximate surface area is 225 Å². The monoisotopic (exact) mass is 568 g/mol. The number of carbonyl (C=O) groups excluding carboxylic acids is 2. The van der Waals surface area contributed by atoms with Crippen LogP contribution in [0.25, 0.3) is 0 Å². The van der Waals surface area contributed by atoms with Crippen molar-refractivity contribution in [2.75, 3.05) is 18.5 Å². The van der Waals surface area contributed by atoms with Crippen LogP contribution in [0.15, 0.2) is 71.6 Å². The number of halogens is 3. The predicted molar refractivity (Wildman–Crippen MR) is 141 cm³/mol. The molecule has 0 heterocycles. The first kappa shape index (κ1) is 28.0. The van der Waals surface area contributed by atoms with Crippen molar-refractivity contribution in [3.8, 4) is 0 Å². The molecule has 1 amide bonds. The van der Waals surface area contributed by atoms with Gasteiger partial charge in [0.1, 0.15) is 0 Å². The summed E-state index contributed by atoms with van der Waals surface area (Å²) in [6, 6.07) is 17.0. The van der Waals surface area contributed by atoms with Crippen LogP contribution < -0.4 is 5.32 Å². The Hall–Kier alpha value is -2.62. The molecule has 0 saturated heterocycles. The minimum atomic E-state index is -4.12. The van der Waals surface area contributed by atoms with Crippen LogP contribution in [0.1, 0.15) is 18.1 Å². The van der Waals surface area contributed by atoms with Crippen LogP contribution in [-0.2, 0) is 37.3 Å². The van der Waals surface area contributed by atoms with Gasteiger partial charge in [-0.3, -0.25) is 9.59 Å². The highest BCUT2D eigenvalue weighted by atomic mass is 35.5. The van der Waals surface area contributed by atoms with E-state index < -0.39 is 22.5 Å². The molecule has 0 radical (unpaired) electrons. The van der Waals surface area contributed by atoms with Gasteiger partial charge in [-0.2, -0.15) is 4.31 Å². The summed E-state index contributed by atoms with van der Waals surface area (Å²) in [6.45, 7) is 1.29. The van der Waals surface area contributed by atoms with Crippen LogP contribution >= 0.6 is 34.8 Å². The van der Waals surface area contributed by atoms with Crippen LogP contribution in [0, 0.1) is 0 Å². The fourth-order valence-corrected chi connectivity index (χ4v) is 5.29. The molecule has 7 nitrogen and oxygen atoms in total. The van der Waals surface area contributed by atoms with E-state index in [1.165, 1.54) is 24.3 Å². The van der Waals surface area contributed by atoms with Gasteiger partial charge in [0.05, 0.1) is 24.5 Å². The molecular weight excluding hydrogens is 547 g/mol. The number of anilines is 1. The minimum absolute atomic E-state index is 0.0359. The number of rotatable bonds is 10. The van der Waals surface area contributed by atoms with Gasteiger partial charge >= 0.3 is 5.97 Å². The van der Waals surface area contributed by atoms with Gasteiger partial charge in [0.25, 0.3) is 0 Å². The van der Waals surface area contributed by atoms with E-state index in [9.17, 15) is 18.0 Å². The van der Waals surface area contributed by atoms with Gasteiger partial charge in [-0.15, -0.1) is 0 Å². The lowest BCUT2D eigenvalue weighted by Gasteiger charge is -2.23. The number of hydrogen-bond acceptors (Lipinski definition) is 5. The molecule has 36 heavy (non-hydrogen) atoms. The fraction of sp³-hybridized carbons (Fsp3) is 0.200. The lowest BCUT2D eigenvalue weighted by atomic mass is 10.1. The topological polar surface area (TPSA) is 92.8 Å². The third-order valence-corrected chi connectivity index (χ3v) is 7.83. The fourth-order valence-electron chi connectivity index (χ4n) is 3.29. The molecule has 0 fully saturated rings. The van der Waals surface area contributed by atoms with Crippen LogP contribution in [0.3, 0.4) is 0 Å². The third-order valence-electron chi connectivity index (χ3n) is 5.06. The van der Waals surface area contributed by atoms with Gasteiger partial charge in [0, 0.05) is 32.9 Å². The second-order valence-electron chi connectivity index (χ2n) is 7.65. The SMILES string of the molecule is CCOC(=O)Cc1ccc(NC(=O)CN(Cc2c(Cl)cccc2Cl)S(=O)(=O)c2ccc(Cl)cc2)cc1. The zero-order valence-electron chi connectivity index (χ0n) is 19.2. The zero-order chi connectivity index (χ0) is 26.3. The van der Waals surface area contributed by atoms with E-state index in [0.29, 0.717) is 28.4 Å². The van der Waals surface area contributed by atoms with Crippen molar-refractivity contribution >= 4 is 62.4 Å². The number of nitrogens with one attached hydrogen (secondary N) is 1. The summed E-state index contributed by atoms with van der Waals surface area (Å²) < 4.78 is 32.8. The van der Waals surface area contributed by atoms with Crippen molar-refractivity contribution in [2.24, 2.45) is 0 Å². The van der Waals surface area contributed by atoms with E-state index in [4.69, 9.17) is 39.5 Å². The number of nitrogens with zero attached hydrogens (tertiary/aromatic N) is 1. The van der Waals surface area contributed by atoms with Crippen LogP contribution in [0.4, 0.5) is 5.69 Å². The van der Waals surface area contributed by atoms with Gasteiger partial charge in [0.2, 0.25) is 15.9 Å². The average molecular weight is 570 g/mol. The molecule has 0 unspecified atom stereocenters. The van der Waals surface area contributed by atoms with Gasteiger partial charge in [0.15, 0.2) is 0 Å².